The second-order valence-electron chi connectivity index (χ2n) is 3.29. The van der Waals surface area contributed by atoms with Crippen LogP contribution in [0.15, 0.2) is 12.1 Å². The smallest absolute Gasteiger partial charge is 0.222 e. The predicted octanol–water partition coefficient (Wildman–Crippen LogP) is 4.99. The Balaban J connectivity index is 2.70. The molecule has 0 radical (unpaired) electrons. The molecule has 0 bridgehead atoms. The standard InChI is InChI=1S/C10H4Cl5N3/c11-4-1-3(2-5(12)7(4)13)6-8(14)17-10(16)18-9(6)15/h1-2H,(H2,16,17,18). The molecule has 18 heavy (non-hydrogen) atoms. The summed E-state index contributed by atoms with van der Waals surface area (Å²) in [7, 11) is 0. The average molecular weight is 343 g/mol. The summed E-state index contributed by atoms with van der Waals surface area (Å²) >= 11 is 29.7. The molecule has 0 unspecified atom stereocenters. The van der Waals surface area contributed by atoms with Gasteiger partial charge in [-0.3, -0.25) is 0 Å². The van der Waals surface area contributed by atoms with Gasteiger partial charge >= 0.3 is 0 Å². The molecule has 1 aromatic carbocycles. The van der Waals surface area contributed by atoms with Crippen molar-refractivity contribution in [3.8, 4) is 11.1 Å². The maximum atomic E-state index is 5.98. The predicted molar refractivity (Wildman–Crippen MR) is 76.9 cm³/mol. The van der Waals surface area contributed by atoms with E-state index in [4.69, 9.17) is 63.7 Å². The fourth-order valence-corrected chi connectivity index (χ4v) is 2.58. The Labute approximate surface area is 128 Å². The molecule has 0 saturated carbocycles. The number of anilines is 1. The number of halogens is 5. The van der Waals surface area contributed by atoms with Gasteiger partial charge in [0.2, 0.25) is 5.95 Å². The molecular weight excluding hydrogens is 339 g/mol. The number of nitrogens with two attached hydrogens (primary N) is 1. The summed E-state index contributed by atoms with van der Waals surface area (Å²) in [6, 6.07) is 3.14. The first kappa shape index (κ1) is 14.0. The molecule has 0 saturated heterocycles. The zero-order valence-electron chi connectivity index (χ0n) is 8.52. The second kappa shape index (κ2) is 5.27. The lowest BCUT2D eigenvalue weighted by atomic mass is 10.1. The van der Waals surface area contributed by atoms with Crippen LogP contribution in [0, 0.1) is 0 Å². The van der Waals surface area contributed by atoms with E-state index in [1.807, 2.05) is 0 Å². The highest BCUT2D eigenvalue weighted by molar-refractivity contribution is 6.48. The molecule has 0 amide bonds. The van der Waals surface area contributed by atoms with Gasteiger partial charge in [-0.2, -0.15) is 0 Å². The van der Waals surface area contributed by atoms with Crippen molar-refractivity contribution in [1.82, 2.24) is 9.97 Å². The van der Waals surface area contributed by atoms with Crippen LogP contribution in [-0.4, -0.2) is 9.97 Å². The van der Waals surface area contributed by atoms with Gasteiger partial charge < -0.3 is 5.73 Å². The molecule has 2 rings (SSSR count). The summed E-state index contributed by atoms with van der Waals surface area (Å²) in [5.74, 6) is -0.0140. The van der Waals surface area contributed by atoms with Crippen molar-refractivity contribution >= 4 is 64.0 Å². The van der Waals surface area contributed by atoms with E-state index in [-0.39, 0.29) is 31.3 Å². The first-order chi connectivity index (χ1) is 8.40. The maximum Gasteiger partial charge on any atom is 0.222 e. The largest absolute Gasteiger partial charge is 0.368 e. The van der Waals surface area contributed by atoms with Crippen LogP contribution >= 0.6 is 58.0 Å². The summed E-state index contributed by atoms with van der Waals surface area (Å²) in [6.45, 7) is 0. The van der Waals surface area contributed by atoms with E-state index in [9.17, 15) is 0 Å². The minimum absolute atomic E-state index is 0.0140. The summed E-state index contributed by atoms with van der Waals surface area (Å²) in [5.41, 5.74) is 6.38. The first-order valence-electron chi connectivity index (χ1n) is 4.53. The molecule has 0 spiro atoms. The van der Waals surface area contributed by atoms with Crippen LogP contribution in [0.5, 0.6) is 0 Å². The highest BCUT2D eigenvalue weighted by Gasteiger charge is 2.15. The monoisotopic (exact) mass is 341 g/mol. The number of benzene rings is 1. The fraction of sp³-hybridized carbons (Fsp3) is 0. The summed E-state index contributed by atoms with van der Waals surface area (Å²) in [5, 5.41) is 1.04. The molecule has 2 aromatic rings. The van der Waals surface area contributed by atoms with Crippen molar-refractivity contribution in [2.45, 2.75) is 0 Å². The topological polar surface area (TPSA) is 51.8 Å². The number of aromatic nitrogens is 2. The molecule has 2 N–H and O–H groups in total. The second-order valence-corrected chi connectivity index (χ2v) is 5.20. The number of nitrogens with zero attached hydrogens (tertiary/aromatic N) is 2. The molecule has 0 aliphatic carbocycles. The third-order valence-corrected chi connectivity index (χ3v) is 3.85. The molecule has 94 valence electrons. The normalized spacial score (nSPS) is 10.7. The van der Waals surface area contributed by atoms with Crippen LogP contribution in [0.3, 0.4) is 0 Å². The minimum Gasteiger partial charge on any atom is -0.368 e. The zero-order valence-corrected chi connectivity index (χ0v) is 12.3. The van der Waals surface area contributed by atoms with Gasteiger partial charge in [-0.1, -0.05) is 58.0 Å². The average Bonchev–Trinajstić information content (AvgIpc) is 2.24. The van der Waals surface area contributed by atoms with Gasteiger partial charge in [-0.15, -0.1) is 0 Å². The molecule has 0 fully saturated rings. The van der Waals surface area contributed by atoms with Gasteiger partial charge in [0, 0.05) is 0 Å². The molecular formula is C10H4Cl5N3. The van der Waals surface area contributed by atoms with E-state index in [2.05, 4.69) is 9.97 Å². The highest BCUT2D eigenvalue weighted by atomic mass is 35.5. The Hall–Kier alpha value is -0.450. The lowest BCUT2D eigenvalue weighted by Gasteiger charge is -2.09. The fourth-order valence-electron chi connectivity index (χ4n) is 1.36. The van der Waals surface area contributed by atoms with E-state index < -0.39 is 0 Å². The number of nitrogen functional groups attached to an aromatic ring is 1. The molecule has 0 aliphatic heterocycles. The van der Waals surface area contributed by atoms with Crippen molar-refractivity contribution in [3.05, 3.63) is 37.5 Å². The van der Waals surface area contributed by atoms with Crippen molar-refractivity contribution in [3.63, 3.8) is 0 Å². The van der Waals surface area contributed by atoms with Crippen LogP contribution in [0.4, 0.5) is 5.95 Å². The Bertz CT molecular complexity index is 583. The SMILES string of the molecule is Nc1nc(Cl)c(-c2cc(Cl)c(Cl)c(Cl)c2)c(Cl)n1. The van der Waals surface area contributed by atoms with Gasteiger partial charge in [0.25, 0.3) is 0 Å². The molecule has 0 atom stereocenters. The number of rotatable bonds is 1. The summed E-state index contributed by atoms with van der Waals surface area (Å²) in [6.07, 6.45) is 0. The van der Waals surface area contributed by atoms with Crippen molar-refractivity contribution < 1.29 is 0 Å². The van der Waals surface area contributed by atoms with Gasteiger partial charge in [-0.05, 0) is 17.7 Å². The maximum absolute atomic E-state index is 5.98. The van der Waals surface area contributed by atoms with Gasteiger partial charge in [0.15, 0.2) is 0 Å². The Morgan fingerprint density at radius 3 is 1.72 bits per heavy atom. The van der Waals surface area contributed by atoms with Crippen molar-refractivity contribution in [2.75, 3.05) is 5.73 Å². The zero-order chi connectivity index (χ0) is 13.4. The van der Waals surface area contributed by atoms with Crippen LogP contribution in [-0.2, 0) is 0 Å². The summed E-state index contributed by atoms with van der Waals surface area (Å²) < 4.78 is 0. The van der Waals surface area contributed by atoms with Gasteiger partial charge in [-0.25, -0.2) is 9.97 Å². The quantitative estimate of drug-likeness (QED) is 0.586. The molecule has 0 aliphatic rings. The lowest BCUT2D eigenvalue weighted by molar-refractivity contribution is 1.19. The minimum atomic E-state index is -0.0140. The number of hydrogen-bond donors (Lipinski definition) is 1. The van der Waals surface area contributed by atoms with E-state index >= 15 is 0 Å². The van der Waals surface area contributed by atoms with Gasteiger partial charge in [0.05, 0.1) is 20.6 Å². The molecule has 8 heteroatoms. The molecule has 3 nitrogen and oxygen atoms in total. The highest BCUT2D eigenvalue weighted by Crippen LogP contribution is 2.39. The Morgan fingerprint density at radius 1 is 0.833 bits per heavy atom. The molecule has 1 aromatic heterocycles. The van der Waals surface area contributed by atoms with E-state index in [1.54, 1.807) is 12.1 Å². The third-order valence-electron chi connectivity index (χ3n) is 2.11. The van der Waals surface area contributed by atoms with Gasteiger partial charge in [0.1, 0.15) is 10.3 Å². The lowest BCUT2D eigenvalue weighted by Crippen LogP contribution is -1.97. The Morgan fingerprint density at radius 2 is 1.28 bits per heavy atom. The van der Waals surface area contributed by atoms with Crippen LogP contribution in [0.25, 0.3) is 11.1 Å². The van der Waals surface area contributed by atoms with Crippen LogP contribution in [0.1, 0.15) is 0 Å². The van der Waals surface area contributed by atoms with E-state index in [0.717, 1.165) is 0 Å². The molecule has 1 heterocycles. The Kier molecular flexibility index (Phi) is 4.09. The first-order valence-corrected chi connectivity index (χ1v) is 6.42. The van der Waals surface area contributed by atoms with Crippen LogP contribution in [0.2, 0.25) is 25.4 Å². The van der Waals surface area contributed by atoms with Crippen molar-refractivity contribution in [1.29, 1.82) is 0 Å². The van der Waals surface area contributed by atoms with E-state index in [1.165, 1.54) is 0 Å². The van der Waals surface area contributed by atoms with E-state index in [0.29, 0.717) is 11.1 Å². The van der Waals surface area contributed by atoms with Crippen molar-refractivity contribution in [2.24, 2.45) is 0 Å². The number of hydrogen-bond acceptors (Lipinski definition) is 3. The van der Waals surface area contributed by atoms with Crippen LogP contribution < -0.4 is 5.73 Å². The summed E-state index contributed by atoms with van der Waals surface area (Å²) in [4.78, 5) is 7.64. The third kappa shape index (κ3) is 2.60.